The number of nitrogens with one attached hydrogen (secondary N) is 2. The van der Waals surface area contributed by atoms with Crippen LogP contribution in [0.5, 0.6) is 0 Å². The van der Waals surface area contributed by atoms with Crippen molar-refractivity contribution in [1.29, 1.82) is 0 Å². The monoisotopic (exact) mass is 450 g/mol. The van der Waals surface area contributed by atoms with Gasteiger partial charge in [0, 0.05) is 30.0 Å². The van der Waals surface area contributed by atoms with Gasteiger partial charge in [0.15, 0.2) is 5.65 Å². The van der Waals surface area contributed by atoms with Crippen molar-refractivity contribution >= 4 is 40.0 Å². The molecule has 32 heavy (non-hydrogen) atoms. The Morgan fingerprint density at radius 3 is 2.78 bits per heavy atom. The van der Waals surface area contributed by atoms with E-state index in [0.29, 0.717) is 17.1 Å². The van der Waals surface area contributed by atoms with Gasteiger partial charge in [-0.3, -0.25) is 4.79 Å². The maximum Gasteiger partial charge on any atom is 0.260 e. The molecule has 0 spiro atoms. The summed E-state index contributed by atoms with van der Waals surface area (Å²) in [6.45, 7) is 1.74. The Hall–Kier alpha value is -2.90. The molecule has 4 aromatic rings. The molecule has 7 nitrogen and oxygen atoms in total. The second-order valence-electron chi connectivity index (χ2n) is 8.64. The lowest BCUT2D eigenvalue weighted by atomic mass is 9.95. The molecule has 0 saturated heterocycles. The van der Waals surface area contributed by atoms with Gasteiger partial charge in [0.2, 0.25) is 0 Å². The first-order valence-electron chi connectivity index (χ1n) is 11.3. The Labute approximate surface area is 192 Å². The van der Waals surface area contributed by atoms with E-state index in [1.165, 1.54) is 49.5 Å². The van der Waals surface area contributed by atoms with Crippen molar-refractivity contribution in [1.82, 2.24) is 29.4 Å². The lowest BCUT2D eigenvalue weighted by Gasteiger charge is -2.23. The number of hydrogen-bond acceptors (Lipinski definition) is 4. The van der Waals surface area contributed by atoms with Crippen LogP contribution in [0, 0.1) is 0 Å². The van der Waals surface area contributed by atoms with E-state index in [2.05, 4.69) is 50.3 Å². The summed E-state index contributed by atoms with van der Waals surface area (Å²) in [5.74, 6) is 0. The summed E-state index contributed by atoms with van der Waals surface area (Å²) >= 11 is 0. The Morgan fingerprint density at radius 1 is 1.09 bits per heavy atom. The van der Waals surface area contributed by atoms with Crippen LogP contribution >= 0.6 is 12.4 Å². The first-order valence-corrected chi connectivity index (χ1v) is 11.3. The van der Waals surface area contributed by atoms with Gasteiger partial charge in [-0.15, -0.1) is 12.4 Å². The summed E-state index contributed by atoms with van der Waals surface area (Å²) in [7, 11) is 0. The van der Waals surface area contributed by atoms with Crippen LogP contribution in [0.3, 0.4) is 0 Å². The maximum absolute atomic E-state index is 12.7. The molecule has 1 fully saturated rings. The Kier molecular flexibility index (Phi) is 5.61. The van der Waals surface area contributed by atoms with Gasteiger partial charge in [-0.25, -0.2) is 9.97 Å². The zero-order valence-corrected chi connectivity index (χ0v) is 18.7. The molecule has 0 bridgehead atoms. The highest BCUT2D eigenvalue weighted by molar-refractivity contribution is 5.92. The van der Waals surface area contributed by atoms with Gasteiger partial charge in [-0.05, 0) is 49.6 Å². The number of fused-ring (bicyclic) bond motifs is 2. The fraction of sp³-hybridized carbons (Fsp3) is 0.375. The van der Waals surface area contributed by atoms with Gasteiger partial charge < -0.3 is 19.4 Å². The van der Waals surface area contributed by atoms with Gasteiger partial charge in [0.1, 0.15) is 0 Å². The predicted molar refractivity (Wildman–Crippen MR) is 130 cm³/mol. The van der Waals surface area contributed by atoms with Crippen molar-refractivity contribution in [2.24, 2.45) is 0 Å². The normalized spacial score (nSPS) is 17.4. The zero-order chi connectivity index (χ0) is 20.8. The fourth-order valence-electron chi connectivity index (χ4n) is 5.20. The highest BCUT2D eigenvalue weighted by Gasteiger charge is 2.20. The molecular weight excluding hydrogens is 424 g/mol. The number of aromatic amines is 1. The number of hydrogen-bond donors (Lipinski definition) is 2. The van der Waals surface area contributed by atoms with Gasteiger partial charge in [-0.1, -0.05) is 25.3 Å². The Balaban J connectivity index is 0.00000216. The topological polar surface area (TPSA) is 80.5 Å². The smallest absolute Gasteiger partial charge is 0.260 e. The van der Waals surface area contributed by atoms with Gasteiger partial charge in [0.25, 0.3) is 5.56 Å². The fourth-order valence-corrected chi connectivity index (χ4v) is 5.20. The van der Waals surface area contributed by atoms with Crippen LogP contribution in [0.15, 0.2) is 47.9 Å². The average molecular weight is 451 g/mol. The van der Waals surface area contributed by atoms with Crippen LogP contribution in [-0.4, -0.2) is 37.2 Å². The second-order valence-corrected chi connectivity index (χ2v) is 8.64. The van der Waals surface area contributed by atoms with E-state index >= 15 is 0 Å². The van der Waals surface area contributed by atoms with Crippen molar-refractivity contribution in [2.45, 2.75) is 44.6 Å². The third kappa shape index (κ3) is 3.45. The van der Waals surface area contributed by atoms with E-state index in [4.69, 9.17) is 4.98 Å². The van der Waals surface area contributed by atoms with Crippen LogP contribution in [-0.2, 0) is 0 Å². The molecule has 0 atom stereocenters. The minimum absolute atomic E-state index is 0. The summed E-state index contributed by atoms with van der Waals surface area (Å²) in [6.07, 6.45) is 15.0. The third-order valence-electron chi connectivity index (χ3n) is 6.80. The molecule has 1 aliphatic heterocycles. The van der Waals surface area contributed by atoms with Gasteiger partial charge in [0.05, 0.1) is 29.1 Å². The third-order valence-corrected chi connectivity index (χ3v) is 6.80. The van der Waals surface area contributed by atoms with Crippen LogP contribution < -0.4 is 10.9 Å². The van der Waals surface area contributed by atoms with Gasteiger partial charge in [-0.2, -0.15) is 0 Å². The summed E-state index contributed by atoms with van der Waals surface area (Å²) < 4.78 is 4.38. The maximum atomic E-state index is 12.7. The standard InChI is InChI=1S/C24H26N6O.ClH/c31-24-22-19(16-8-10-25-11-9-16)13-29(23(22)26-14-27-24)18-6-7-21-20(12-18)28-15-30(21)17-4-2-1-3-5-17;/h6-8,12-15,17,25H,1-5,9-11H2,(H,26,27,31);1H. The summed E-state index contributed by atoms with van der Waals surface area (Å²) in [5.41, 5.74) is 5.90. The molecule has 1 aliphatic carbocycles. The number of imidazole rings is 1. The molecule has 2 N–H and O–H groups in total. The molecule has 1 aromatic carbocycles. The minimum Gasteiger partial charge on any atom is -0.327 e. The number of halogens is 1. The Morgan fingerprint density at radius 2 is 1.97 bits per heavy atom. The van der Waals surface area contributed by atoms with E-state index < -0.39 is 0 Å². The molecule has 0 radical (unpaired) electrons. The molecule has 2 aliphatic rings. The largest absolute Gasteiger partial charge is 0.327 e. The molecular formula is C24H27ClN6O. The first-order chi connectivity index (χ1) is 15.3. The number of benzene rings is 1. The summed E-state index contributed by atoms with van der Waals surface area (Å²) in [5, 5.41) is 4.00. The average Bonchev–Trinajstić information content (AvgIpc) is 3.42. The lowest BCUT2D eigenvalue weighted by Crippen LogP contribution is -2.20. The van der Waals surface area contributed by atoms with Crippen LogP contribution in [0.25, 0.3) is 33.3 Å². The minimum atomic E-state index is -0.0964. The molecule has 166 valence electrons. The van der Waals surface area contributed by atoms with Crippen molar-refractivity contribution < 1.29 is 0 Å². The number of rotatable bonds is 3. The lowest BCUT2D eigenvalue weighted by molar-refractivity contribution is 0.359. The number of nitrogens with zero attached hydrogens (tertiary/aromatic N) is 4. The van der Waals surface area contributed by atoms with Crippen LogP contribution in [0.1, 0.15) is 50.1 Å². The molecule has 1 saturated carbocycles. The van der Waals surface area contributed by atoms with E-state index in [9.17, 15) is 4.79 Å². The van der Waals surface area contributed by atoms with E-state index in [1.54, 1.807) is 0 Å². The SMILES string of the molecule is Cl.O=c1[nH]cnc2c1c(C1=CCNCC1)cn2-c1ccc2c(c1)ncn2C1CCCCC1. The zero-order valence-electron chi connectivity index (χ0n) is 17.9. The van der Waals surface area contributed by atoms with Crippen LogP contribution in [0.2, 0.25) is 0 Å². The highest BCUT2D eigenvalue weighted by atomic mass is 35.5. The van der Waals surface area contributed by atoms with Crippen molar-refractivity contribution in [3.05, 3.63) is 59.0 Å². The number of aromatic nitrogens is 5. The summed E-state index contributed by atoms with van der Waals surface area (Å²) in [6, 6.07) is 6.94. The summed E-state index contributed by atoms with van der Waals surface area (Å²) in [4.78, 5) is 24.7. The van der Waals surface area contributed by atoms with Gasteiger partial charge >= 0.3 is 0 Å². The van der Waals surface area contributed by atoms with Crippen LogP contribution in [0.4, 0.5) is 0 Å². The molecule has 0 amide bonds. The molecule has 6 rings (SSSR count). The van der Waals surface area contributed by atoms with Crippen molar-refractivity contribution in [2.75, 3.05) is 13.1 Å². The predicted octanol–water partition coefficient (Wildman–Crippen LogP) is 4.37. The first kappa shape index (κ1) is 21.0. The molecule has 3 aromatic heterocycles. The van der Waals surface area contributed by atoms with E-state index in [-0.39, 0.29) is 18.0 Å². The van der Waals surface area contributed by atoms with E-state index in [1.807, 2.05) is 10.9 Å². The Bertz CT molecular complexity index is 1360. The number of H-pyrrole nitrogens is 1. The van der Waals surface area contributed by atoms with Crippen molar-refractivity contribution in [3.63, 3.8) is 0 Å². The molecule has 0 unspecified atom stereocenters. The van der Waals surface area contributed by atoms with Crippen molar-refractivity contribution in [3.8, 4) is 5.69 Å². The second kappa shape index (κ2) is 8.56. The quantitative estimate of drug-likeness (QED) is 0.485. The molecule has 8 heteroatoms. The van der Waals surface area contributed by atoms with E-state index in [0.717, 1.165) is 36.3 Å². The highest BCUT2D eigenvalue weighted by Crippen LogP contribution is 2.33. The molecule has 4 heterocycles.